The molecule has 0 aliphatic carbocycles. The number of aliphatic hydroxyl groups excluding tert-OH is 4. The summed E-state index contributed by atoms with van der Waals surface area (Å²) in [5.74, 6) is -0.130. The fourth-order valence-corrected chi connectivity index (χ4v) is 3.70. The average molecular weight is 476 g/mol. The predicted octanol–water partition coefficient (Wildman–Crippen LogP) is 0.361. The second kappa shape index (κ2) is 9.49. The first-order valence-electron chi connectivity index (χ1n) is 10.3. The number of phenolic OH excluding ortho intramolecular Hbond substituents is 1. The number of hydrogen-bond donors (Lipinski definition) is 5. The van der Waals surface area contributed by atoms with E-state index in [1.807, 2.05) is 0 Å². The smallest absolute Gasteiger partial charge is 0.239 e. The molecule has 1 aromatic heterocycles. The van der Waals surface area contributed by atoms with Gasteiger partial charge in [-0.05, 0) is 24.3 Å². The van der Waals surface area contributed by atoms with Crippen LogP contribution in [0, 0.1) is 0 Å². The topological polar surface area (TPSA) is 168 Å². The monoisotopic (exact) mass is 476 g/mol. The largest absolute Gasteiger partial charge is 0.507 e. The molecular formula is C23H24O11. The minimum atomic E-state index is -1.76. The zero-order chi connectivity index (χ0) is 24.6. The number of fused-ring (bicyclic) bond motifs is 1. The molecule has 2 aromatic carbocycles. The van der Waals surface area contributed by atoms with E-state index in [4.69, 9.17) is 23.4 Å². The van der Waals surface area contributed by atoms with Crippen molar-refractivity contribution in [3.63, 3.8) is 0 Å². The summed E-state index contributed by atoms with van der Waals surface area (Å²) in [5.41, 5.74) is -0.389. The van der Waals surface area contributed by atoms with Crippen molar-refractivity contribution < 1.29 is 48.9 Å². The lowest BCUT2D eigenvalue weighted by Crippen LogP contribution is -2.60. The summed E-state index contributed by atoms with van der Waals surface area (Å²) in [7, 11) is 2.88. The van der Waals surface area contributed by atoms with E-state index in [9.17, 15) is 30.3 Å². The summed E-state index contributed by atoms with van der Waals surface area (Å²) in [5, 5.41) is 50.2. The van der Waals surface area contributed by atoms with Crippen molar-refractivity contribution in [1.29, 1.82) is 0 Å². The molecule has 0 radical (unpaired) electrons. The van der Waals surface area contributed by atoms with Gasteiger partial charge in [0, 0.05) is 17.7 Å². The van der Waals surface area contributed by atoms with Gasteiger partial charge >= 0.3 is 0 Å². The lowest BCUT2D eigenvalue weighted by atomic mass is 9.99. The van der Waals surface area contributed by atoms with Gasteiger partial charge in [-0.1, -0.05) is 0 Å². The third-order valence-electron chi connectivity index (χ3n) is 5.58. The van der Waals surface area contributed by atoms with Crippen LogP contribution in [-0.4, -0.2) is 77.1 Å². The van der Waals surface area contributed by atoms with Crippen molar-refractivity contribution in [3.8, 4) is 34.3 Å². The number of phenols is 1. The first-order chi connectivity index (χ1) is 16.3. The summed E-state index contributed by atoms with van der Waals surface area (Å²) < 4.78 is 27.3. The van der Waals surface area contributed by atoms with Gasteiger partial charge in [0.2, 0.25) is 17.5 Å². The summed E-state index contributed by atoms with van der Waals surface area (Å²) in [6.07, 6.45) is -7.98. The molecule has 0 amide bonds. The van der Waals surface area contributed by atoms with Crippen molar-refractivity contribution in [2.45, 2.75) is 30.7 Å². The van der Waals surface area contributed by atoms with Gasteiger partial charge in [0.15, 0.2) is 5.76 Å². The van der Waals surface area contributed by atoms with Crippen LogP contribution in [-0.2, 0) is 4.74 Å². The van der Waals surface area contributed by atoms with Crippen LogP contribution >= 0.6 is 0 Å². The van der Waals surface area contributed by atoms with Crippen molar-refractivity contribution in [2.75, 3.05) is 20.8 Å². The Morgan fingerprint density at radius 3 is 2.24 bits per heavy atom. The molecule has 1 saturated heterocycles. The lowest BCUT2D eigenvalue weighted by molar-refractivity contribution is -0.277. The van der Waals surface area contributed by atoms with Crippen molar-refractivity contribution in [1.82, 2.24) is 0 Å². The van der Waals surface area contributed by atoms with Crippen LogP contribution < -0.4 is 19.6 Å². The molecule has 11 nitrogen and oxygen atoms in total. The standard InChI is InChI=1S/C23H24O11/c1-30-11-5-3-10(4-6-11)21-22(34-23-20(29)19(28)17(26)15(9-24)33-23)18(27)16-13(25)7-12(31-2)8-14(16)32-21/h3-8,15,17,19-20,23-26,28-29H,9H2,1-2H3. The fourth-order valence-electron chi connectivity index (χ4n) is 3.70. The molecule has 0 spiro atoms. The number of rotatable bonds is 6. The van der Waals surface area contributed by atoms with E-state index in [0.29, 0.717) is 11.3 Å². The zero-order valence-corrected chi connectivity index (χ0v) is 18.2. The van der Waals surface area contributed by atoms with Crippen LogP contribution in [0.4, 0.5) is 0 Å². The van der Waals surface area contributed by atoms with Crippen LogP contribution in [0.15, 0.2) is 45.6 Å². The number of aliphatic hydroxyl groups is 4. The molecule has 3 aromatic rings. The predicted molar refractivity (Wildman–Crippen MR) is 117 cm³/mol. The molecule has 0 bridgehead atoms. The lowest BCUT2D eigenvalue weighted by Gasteiger charge is -2.39. The summed E-state index contributed by atoms with van der Waals surface area (Å²) in [6, 6.07) is 9.09. The zero-order valence-electron chi connectivity index (χ0n) is 18.2. The summed E-state index contributed by atoms with van der Waals surface area (Å²) in [6.45, 7) is -0.678. The van der Waals surface area contributed by atoms with Gasteiger partial charge in [-0.2, -0.15) is 0 Å². The van der Waals surface area contributed by atoms with Crippen LogP contribution in [0.25, 0.3) is 22.3 Å². The Bertz CT molecular complexity index is 1220. The van der Waals surface area contributed by atoms with E-state index in [-0.39, 0.29) is 22.5 Å². The Balaban J connectivity index is 1.89. The highest BCUT2D eigenvalue weighted by Crippen LogP contribution is 2.37. The van der Waals surface area contributed by atoms with Crippen LogP contribution in [0.5, 0.6) is 23.0 Å². The second-order valence-corrected chi connectivity index (χ2v) is 7.65. The van der Waals surface area contributed by atoms with Gasteiger partial charge in [0.1, 0.15) is 52.6 Å². The molecule has 5 unspecified atom stereocenters. The van der Waals surface area contributed by atoms with Gasteiger partial charge in [-0.15, -0.1) is 0 Å². The van der Waals surface area contributed by atoms with E-state index in [1.54, 1.807) is 24.3 Å². The molecule has 182 valence electrons. The van der Waals surface area contributed by atoms with E-state index in [0.717, 1.165) is 0 Å². The van der Waals surface area contributed by atoms with Crippen molar-refractivity contribution in [2.24, 2.45) is 0 Å². The minimum Gasteiger partial charge on any atom is -0.507 e. The molecule has 2 heterocycles. The number of ether oxygens (including phenoxy) is 4. The quantitative estimate of drug-likeness (QED) is 0.333. The molecule has 4 rings (SSSR count). The van der Waals surface area contributed by atoms with Gasteiger partial charge in [0.25, 0.3) is 0 Å². The summed E-state index contributed by atoms with van der Waals surface area (Å²) in [4.78, 5) is 13.4. The maximum absolute atomic E-state index is 13.4. The third-order valence-corrected chi connectivity index (χ3v) is 5.58. The number of benzene rings is 2. The van der Waals surface area contributed by atoms with E-state index in [1.165, 1.54) is 26.4 Å². The highest BCUT2D eigenvalue weighted by atomic mass is 16.7. The van der Waals surface area contributed by atoms with Gasteiger partial charge in [-0.3, -0.25) is 4.79 Å². The van der Waals surface area contributed by atoms with Crippen molar-refractivity contribution >= 4 is 11.0 Å². The molecule has 0 saturated carbocycles. The molecule has 11 heteroatoms. The Hall–Kier alpha value is -3.35. The van der Waals surface area contributed by atoms with E-state index >= 15 is 0 Å². The maximum atomic E-state index is 13.4. The molecular weight excluding hydrogens is 452 g/mol. The van der Waals surface area contributed by atoms with Gasteiger partial charge < -0.3 is 48.9 Å². The van der Waals surface area contributed by atoms with Crippen LogP contribution in [0.2, 0.25) is 0 Å². The molecule has 5 N–H and O–H groups in total. The van der Waals surface area contributed by atoms with Crippen LogP contribution in [0.3, 0.4) is 0 Å². The Labute approximate surface area is 192 Å². The first kappa shape index (κ1) is 23.8. The van der Waals surface area contributed by atoms with Gasteiger partial charge in [-0.25, -0.2) is 0 Å². The molecule has 1 aliphatic rings. The van der Waals surface area contributed by atoms with Gasteiger partial charge in [0.05, 0.1) is 20.8 Å². The molecule has 1 aliphatic heterocycles. The number of aromatic hydroxyl groups is 1. The number of methoxy groups -OCH3 is 2. The molecule has 1 fully saturated rings. The average Bonchev–Trinajstić information content (AvgIpc) is 2.85. The maximum Gasteiger partial charge on any atom is 0.239 e. The fraction of sp³-hybridized carbons (Fsp3) is 0.348. The highest BCUT2D eigenvalue weighted by Gasteiger charge is 2.45. The SMILES string of the molecule is COc1ccc(-c2oc3cc(OC)cc(O)c3c(=O)c2OC2OC(CO)C(O)C(O)C2O)cc1. The molecule has 5 atom stereocenters. The second-order valence-electron chi connectivity index (χ2n) is 7.65. The van der Waals surface area contributed by atoms with Crippen LogP contribution in [0.1, 0.15) is 0 Å². The minimum absolute atomic E-state index is 0.00817. The Kier molecular flexibility index (Phi) is 6.64. The Morgan fingerprint density at radius 2 is 1.62 bits per heavy atom. The summed E-state index contributed by atoms with van der Waals surface area (Å²) >= 11 is 0. The number of hydrogen-bond acceptors (Lipinski definition) is 11. The molecule has 34 heavy (non-hydrogen) atoms. The van der Waals surface area contributed by atoms with E-state index in [2.05, 4.69) is 0 Å². The first-order valence-corrected chi connectivity index (χ1v) is 10.3. The van der Waals surface area contributed by atoms with Crippen molar-refractivity contribution in [3.05, 3.63) is 46.6 Å². The Morgan fingerprint density at radius 1 is 0.941 bits per heavy atom. The van der Waals surface area contributed by atoms with E-state index < -0.39 is 54.2 Å². The third kappa shape index (κ3) is 4.15. The highest BCUT2D eigenvalue weighted by molar-refractivity contribution is 5.88. The normalized spacial score (nSPS) is 24.7.